The minimum atomic E-state index is 0.677. The summed E-state index contributed by atoms with van der Waals surface area (Å²) in [6.07, 6.45) is 0.879. The molecule has 1 rings (SSSR count). The molecule has 1 aromatic rings. The number of hydrogen-bond donors (Lipinski definition) is 0. The lowest BCUT2D eigenvalue weighted by Crippen LogP contribution is -2.16. The Morgan fingerprint density at radius 2 is 1.50 bits per heavy atom. The topological polar surface area (TPSA) is 32.8 Å². The van der Waals surface area contributed by atoms with Gasteiger partial charge in [0.05, 0.1) is 24.0 Å². The zero-order valence-corrected chi connectivity index (χ0v) is 10.4. The van der Waals surface area contributed by atoms with Crippen LogP contribution < -0.4 is 14.5 Å². The Morgan fingerprint density at radius 1 is 1.06 bits per heavy atom. The highest BCUT2D eigenvalue weighted by Gasteiger charge is 2.13. The number of nitrogens with zero attached hydrogens (tertiary/aromatic N) is 2. The van der Waals surface area contributed by atoms with Gasteiger partial charge in [0.25, 0.3) is 0 Å². The largest absolute Gasteiger partial charge is 0.497 e. The van der Waals surface area contributed by atoms with Crippen LogP contribution in [0.1, 0.15) is 10.4 Å². The summed E-state index contributed by atoms with van der Waals surface area (Å²) in [6, 6.07) is 3.72. The van der Waals surface area contributed by atoms with Crippen molar-refractivity contribution in [2.24, 2.45) is 0 Å². The number of ether oxygens (including phenoxy) is 1. The average Bonchev–Trinajstić information content (AvgIpc) is 2.26. The maximum atomic E-state index is 11.2. The van der Waals surface area contributed by atoms with Crippen molar-refractivity contribution in [2.75, 3.05) is 45.1 Å². The number of carbonyl (C=O) groups excluding carboxylic acids is 1. The van der Waals surface area contributed by atoms with Crippen molar-refractivity contribution in [1.82, 2.24) is 0 Å². The lowest BCUT2D eigenvalue weighted by Gasteiger charge is -2.22. The number of methoxy groups -OCH3 is 1. The minimum absolute atomic E-state index is 0.677. The summed E-state index contributed by atoms with van der Waals surface area (Å²) < 4.78 is 5.23. The zero-order valence-electron chi connectivity index (χ0n) is 10.4. The van der Waals surface area contributed by atoms with Crippen molar-refractivity contribution < 1.29 is 9.53 Å². The number of carbonyl (C=O) groups is 1. The van der Waals surface area contributed by atoms with E-state index in [9.17, 15) is 4.79 Å². The molecular weight excluding hydrogens is 204 g/mol. The standard InChI is InChI=1S/C12H18N2O2/c1-13(2)11-6-9(16-5)7-12(14(3)4)10(11)8-15/h6-8H,1-5H3. The van der Waals surface area contributed by atoms with E-state index in [0.29, 0.717) is 5.56 Å². The van der Waals surface area contributed by atoms with Gasteiger partial charge < -0.3 is 14.5 Å². The molecule has 4 nitrogen and oxygen atoms in total. The normalized spacial score (nSPS) is 9.81. The first-order valence-corrected chi connectivity index (χ1v) is 5.03. The molecule has 0 saturated heterocycles. The second-order valence-corrected chi connectivity index (χ2v) is 3.99. The molecule has 88 valence electrons. The second-order valence-electron chi connectivity index (χ2n) is 3.99. The molecule has 4 heteroatoms. The van der Waals surface area contributed by atoms with Crippen LogP contribution in [0.5, 0.6) is 5.75 Å². The highest BCUT2D eigenvalue weighted by Crippen LogP contribution is 2.32. The molecule has 0 bridgehead atoms. The van der Waals surface area contributed by atoms with E-state index >= 15 is 0 Å². The van der Waals surface area contributed by atoms with Gasteiger partial charge in [-0.3, -0.25) is 4.79 Å². The van der Waals surface area contributed by atoms with Gasteiger partial charge >= 0.3 is 0 Å². The molecule has 0 aliphatic heterocycles. The third kappa shape index (κ3) is 2.27. The molecule has 0 spiro atoms. The lowest BCUT2D eigenvalue weighted by molar-refractivity contribution is 0.112. The van der Waals surface area contributed by atoms with Gasteiger partial charge in [0.1, 0.15) is 5.75 Å². The Balaban J connectivity index is 3.46. The van der Waals surface area contributed by atoms with Crippen LogP contribution >= 0.6 is 0 Å². The van der Waals surface area contributed by atoms with Crippen LogP contribution in [-0.2, 0) is 0 Å². The maximum absolute atomic E-state index is 11.2. The number of hydrogen-bond acceptors (Lipinski definition) is 4. The van der Waals surface area contributed by atoms with Gasteiger partial charge in [-0.1, -0.05) is 0 Å². The van der Waals surface area contributed by atoms with Crippen LogP contribution in [0.2, 0.25) is 0 Å². The first-order valence-electron chi connectivity index (χ1n) is 5.03. The molecule has 0 saturated carbocycles. The Bertz CT molecular complexity index is 358. The summed E-state index contributed by atoms with van der Waals surface area (Å²) >= 11 is 0. The molecule has 0 aromatic heterocycles. The Hall–Kier alpha value is -1.71. The summed E-state index contributed by atoms with van der Waals surface area (Å²) in [6.45, 7) is 0. The van der Waals surface area contributed by atoms with E-state index in [4.69, 9.17) is 4.74 Å². The molecule has 0 N–H and O–H groups in total. The molecule has 0 amide bonds. The van der Waals surface area contributed by atoms with Crippen LogP contribution in [-0.4, -0.2) is 41.6 Å². The van der Waals surface area contributed by atoms with Crippen molar-refractivity contribution >= 4 is 17.7 Å². The monoisotopic (exact) mass is 222 g/mol. The van der Waals surface area contributed by atoms with Gasteiger partial charge in [-0.25, -0.2) is 0 Å². The average molecular weight is 222 g/mol. The number of rotatable bonds is 4. The molecule has 0 aliphatic carbocycles. The number of anilines is 2. The van der Waals surface area contributed by atoms with E-state index in [2.05, 4.69) is 0 Å². The van der Waals surface area contributed by atoms with E-state index in [0.717, 1.165) is 23.4 Å². The smallest absolute Gasteiger partial charge is 0.154 e. The molecular formula is C12H18N2O2. The van der Waals surface area contributed by atoms with Crippen molar-refractivity contribution in [2.45, 2.75) is 0 Å². The first kappa shape index (κ1) is 12.4. The highest BCUT2D eigenvalue weighted by molar-refractivity contribution is 5.93. The SMILES string of the molecule is COc1cc(N(C)C)c(C=O)c(N(C)C)c1. The van der Waals surface area contributed by atoms with Gasteiger partial charge in [-0.15, -0.1) is 0 Å². The van der Waals surface area contributed by atoms with Crippen LogP contribution in [0.3, 0.4) is 0 Å². The molecule has 1 aromatic carbocycles. The molecule has 0 heterocycles. The summed E-state index contributed by atoms with van der Waals surface area (Å²) in [5, 5.41) is 0. The molecule has 0 aliphatic rings. The van der Waals surface area contributed by atoms with Crippen LogP contribution in [0.4, 0.5) is 11.4 Å². The molecule has 0 radical (unpaired) electrons. The molecule has 0 atom stereocenters. The molecule has 16 heavy (non-hydrogen) atoms. The summed E-state index contributed by atoms with van der Waals surface area (Å²) in [5.74, 6) is 0.748. The van der Waals surface area contributed by atoms with Crippen LogP contribution in [0.25, 0.3) is 0 Å². The Kier molecular flexibility index (Phi) is 3.77. The predicted molar refractivity (Wildman–Crippen MR) is 67.0 cm³/mol. The van der Waals surface area contributed by atoms with E-state index in [-0.39, 0.29) is 0 Å². The van der Waals surface area contributed by atoms with Crippen LogP contribution in [0, 0.1) is 0 Å². The fourth-order valence-corrected chi connectivity index (χ4v) is 1.58. The quantitative estimate of drug-likeness (QED) is 0.725. The number of aldehydes is 1. The van der Waals surface area contributed by atoms with Crippen molar-refractivity contribution in [3.8, 4) is 5.75 Å². The highest BCUT2D eigenvalue weighted by atomic mass is 16.5. The van der Waals surface area contributed by atoms with Crippen LogP contribution in [0.15, 0.2) is 12.1 Å². The van der Waals surface area contributed by atoms with Gasteiger partial charge in [0.15, 0.2) is 6.29 Å². The van der Waals surface area contributed by atoms with Crippen molar-refractivity contribution in [3.63, 3.8) is 0 Å². The van der Waals surface area contributed by atoms with Crippen molar-refractivity contribution in [1.29, 1.82) is 0 Å². The lowest BCUT2D eigenvalue weighted by atomic mass is 10.1. The van der Waals surface area contributed by atoms with E-state index < -0.39 is 0 Å². The van der Waals surface area contributed by atoms with E-state index in [1.165, 1.54) is 0 Å². The molecule has 0 unspecified atom stereocenters. The van der Waals surface area contributed by atoms with Gasteiger partial charge in [0, 0.05) is 40.3 Å². The minimum Gasteiger partial charge on any atom is -0.497 e. The number of benzene rings is 1. The maximum Gasteiger partial charge on any atom is 0.154 e. The van der Waals surface area contributed by atoms with Gasteiger partial charge in [0.2, 0.25) is 0 Å². The van der Waals surface area contributed by atoms with Gasteiger partial charge in [-0.2, -0.15) is 0 Å². The Labute approximate surface area is 96.4 Å². The summed E-state index contributed by atoms with van der Waals surface area (Å²) in [4.78, 5) is 15.0. The summed E-state index contributed by atoms with van der Waals surface area (Å²) in [7, 11) is 9.24. The fourth-order valence-electron chi connectivity index (χ4n) is 1.58. The van der Waals surface area contributed by atoms with E-state index in [1.54, 1.807) is 7.11 Å². The third-order valence-electron chi connectivity index (χ3n) is 2.43. The predicted octanol–water partition coefficient (Wildman–Crippen LogP) is 1.64. The Morgan fingerprint density at radius 3 is 1.75 bits per heavy atom. The molecule has 0 fully saturated rings. The first-order chi connectivity index (χ1) is 7.51. The zero-order chi connectivity index (χ0) is 12.3. The summed E-state index contributed by atoms with van der Waals surface area (Å²) in [5.41, 5.74) is 2.40. The van der Waals surface area contributed by atoms with Gasteiger partial charge in [-0.05, 0) is 0 Å². The van der Waals surface area contributed by atoms with E-state index in [1.807, 2.05) is 50.1 Å². The third-order valence-corrected chi connectivity index (χ3v) is 2.43. The van der Waals surface area contributed by atoms with Crippen molar-refractivity contribution in [3.05, 3.63) is 17.7 Å². The second kappa shape index (κ2) is 4.88. The fraction of sp³-hybridized carbons (Fsp3) is 0.417.